The predicted molar refractivity (Wildman–Crippen MR) is 99.7 cm³/mol. The van der Waals surface area contributed by atoms with Gasteiger partial charge in [0.15, 0.2) is 6.61 Å². The number of carbonyl (C=O) groups excluding carboxylic acids is 3. The van der Waals surface area contributed by atoms with Gasteiger partial charge in [0.25, 0.3) is 5.91 Å². The van der Waals surface area contributed by atoms with Gasteiger partial charge >= 0.3 is 11.9 Å². The molecule has 1 aromatic heterocycles. The number of methoxy groups -OCH3 is 1. The number of esters is 2. The third-order valence-corrected chi connectivity index (χ3v) is 4.14. The summed E-state index contributed by atoms with van der Waals surface area (Å²) in [6, 6.07) is 7.23. The highest BCUT2D eigenvalue weighted by Gasteiger charge is 2.23. The van der Waals surface area contributed by atoms with Crippen LogP contribution in [0.4, 0.5) is 5.69 Å². The lowest BCUT2D eigenvalue weighted by molar-refractivity contribution is -0.119. The fraction of sp³-hybridized carbons (Fsp3) is 0.235. The molecule has 0 unspecified atom stereocenters. The van der Waals surface area contributed by atoms with Gasteiger partial charge in [0.2, 0.25) is 0 Å². The molecule has 0 aliphatic rings. The van der Waals surface area contributed by atoms with E-state index >= 15 is 0 Å². The van der Waals surface area contributed by atoms with Crippen LogP contribution in [0.1, 0.15) is 32.1 Å². The highest BCUT2D eigenvalue weighted by molar-refractivity contribution is 14.1. The molecule has 0 saturated carbocycles. The highest BCUT2D eigenvalue weighted by Crippen LogP contribution is 2.19. The fourth-order valence-corrected chi connectivity index (χ4v) is 2.87. The van der Waals surface area contributed by atoms with E-state index in [1.165, 1.54) is 7.11 Å². The van der Waals surface area contributed by atoms with E-state index in [0.717, 1.165) is 3.57 Å². The van der Waals surface area contributed by atoms with Crippen molar-refractivity contribution in [2.75, 3.05) is 19.0 Å². The van der Waals surface area contributed by atoms with Crippen molar-refractivity contribution in [2.24, 2.45) is 0 Å². The molecule has 2 N–H and O–H groups in total. The molecule has 1 amide bonds. The summed E-state index contributed by atoms with van der Waals surface area (Å²) in [5, 5.41) is 2.64. The second-order valence-electron chi connectivity index (χ2n) is 5.25. The van der Waals surface area contributed by atoms with Crippen molar-refractivity contribution < 1.29 is 23.9 Å². The monoisotopic (exact) mass is 456 g/mol. The average molecular weight is 456 g/mol. The summed E-state index contributed by atoms with van der Waals surface area (Å²) in [6.45, 7) is 2.83. The minimum atomic E-state index is -0.714. The third kappa shape index (κ3) is 4.59. The number of ether oxygens (including phenoxy) is 2. The van der Waals surface area contributed by atoms with Crippen LogP contribution in [0.5, 0.6) is 0 Å². The molecule has 1 aromatic carbocycles. The topological polar surface area (TPSA) is 97.5 Å². The highest BCUT2D eigenvalue weighted by atomic mass is 127. The van der Waals surface area contributed by atoms with Crippen molar-refractivity contribution in [1.29, 1.82) is 0 Å². The van der Waals surface area contributed by atoms with Crippen LogP contribution in [0.2, 0.25) is 0 Å². The van der Waals surface area contributed by atoms with Gasteiger partial charge in [0, 0.05) is 15.0 Å². The van der Waals surface area contributed by atoms with Crippen LogP contribution in [0, 0.1) is 17.4 Å². The molecule has 0 aliphatic heterocycles. The molecule has 0 aliphatic carbocycles. The number of halogens is 1. The minimum absolute atomic E-state index is 0.125. The molecule has 132 valence electrons. The average Bonchev–Trinajstić information content (AvgIpc) is 2.86. The Morgan fingerprint density at radius 2 is 1.92 bits per heavy atom. The number of benzene rings is 1. The largest absolute Gasteiger partial charge is 0.465 e. The van der Waals surface area contributed by atoms with Crippen molar-refractivity contribution in [1.82, 2.24) is 4.98 Å². The summed E-state index contributed by atoms with van der Waals surface area (Å²) in [7, 11) is 1.27. The molecule has 25 heavy (non-hydrogen) atoms. The van der Waals surface area contributed by atoms with Gasteiger partial charge in [-0.2, -0.15) is 0 Å². The molecule has 0 atom stereocenters. The predicted octanol–water partition coefficient (Wildman–Crippen LogP) is 2.82. The van der Waals surface area contributed by atoms with E-state index in [2.05, 4.69) is 37.6 Å². The number of aromatic nitrogens is 1. The van der Waals surface area contributed by atoms with Crippen LogP contribution in [-0.4, -0.2) is 36.5 Å². The maximum atomic E-state index is 12.2. The molecular formula is C17H17IN2O5. The standard InChI is InChI=1S/C17H17IN2O5/c1-9-14(16(22)24-3)10(2)19-15(9)17(23)25-8-13(21)20-12-6-4-5-11(18)7-12/h4-7,19H,8H2,1-3H3,(H,20,21). The molecule has 8 heteroatoms. The van der Waals surface area contributed by atoms with E-state index in [9.17, 15) is 14.4 Å². The molecule has 0 radical (unpaired) electrons. The zero-order valence-corrected chi connectivity index (χ0v) is 16.1. The Labute approximate surface area is 158 Å². The van der Waals surface area contributed by atoms with E-state index in [-0.39, 0.29) is 11.3 Å². The van der Waals surface area contributed by atoms with Crippen LogP contribution >= 0.6 is 22.6 Å². The van der Waals surface area contributed by atoms with Gasteiger partial charge < -0.3 is 19.8 Å². The van der Waals surface area contributed by atoms with Crippen LogP contribution in [0.3, 0.4) is 0 Å². The number of hydrogen-bond donors (Lipinski definition) is 2. The van der Waals surface area contributed by atoms with Gasteiger partial charge in [0.1, 0.15) is 5.69 Å². The Kier molecular flexibility index (Phi) is 6.18. The van der Waals surface area contributed by atoms with E-state index in [1.54, 1.807) is 26.0 Å². The summed E-state index contributed by atoms with van der Waals surface area (Å²) in [6.07, 6.45) is 0. The lowest BCUT2D eigenvalue weighted by Crippen LogP contribution is -2.21. The first-order valence-electron chi connectivity index (χ1n) is 7.33. The summed E-state index contributed by atoms with van der Waals surface area (Å²) in [4.78, 5) is 38.6. The smallest absolute Gasteiger partial charge is 0.355 e. The molecular weight excluding hydrogens is 439 g/mol. The second kappa shape index (κ2) is 8.15. The molecule has 2 rings (SSSR count). The van der Waals surface area contributed by atoms with Gasteiger partial charge in [-0.1, -0.05) is 6.07 Å². The number of amides is 1. The van der Waals surface area contributed by atoms with Crippen molar-refractivity contribution in [2.45, 2.75) is 13.8 Å². The van der Waals surface area contributed by atoms with Gasteiger partial charge in [-0.3, -0.25) is 4.79 Å². The second-order valence-corrected chi connectivity index (χ2v) is 6.50. The molecule has 0 bridgehead atoms. The zero-order valence-electron chi connectivity index (χ0n) is 13.9. The number of aryl methyl sites for hydroxylation is 1. The van der Waals surface area contributed by atoms with E-state index < -0.39 is 24.5 Å². The van der Waals surface area contributed by atoms with Crippen molar-refractivity contribution in [3.05, 3.63) is 50.4 Å². The minimum Gasteiger partial charge on any atom is -0.465 e. The van der Waals surface area contributed by atoms with Crippen molar-refractivity contribution >= 4 is 46.1 Å². The Balaban J connectivity index is 2.01. The van der Waals surface area contributed by atoms with Crippen LogP contribution in [0.15, 0.2) is 24.3 Å². The molecule has 0 saturated heterocycles. The van der Waals surface area contributed by atoms with Crippen molar-refractivity contribution in [3.8, 4) is 0 Å². The number of hydrogen-bond acceptors (Lipinski definition) is 5. The first kappa shape index (κ1) is 19.0. The Bertz CT molecular complexity index is 828. The van der Waals surface area contributed by atoms with E-state index in [1.807, 2.05) is 12.1 Å². The number of rotatable bonds is 5. The molecule has 0 fully saturated rings. The molecule has 7 nitrogen and oxygen atoms in total. The summed E-state index contributed by atoms with van der Waals surface area (Å²) in [5.74, 6) is -1.71. The summed E-state index contributed by atoms with van der Waals surface area (Å²) in [5.41, 5.74) is 1.96. The maximum Gasteiger partial charge on any atom is 0.355 e. The summed E-state index contributed by atoms with van der Waals surface area (Å²) < 4.78 is 10.7. The molecule has 0 spiro atoms. The summed E-state index contributed by atoms with van der Waals surface area (Å²) >= 11 is 2.13. The quantitative estimate of drug-likeness (QED) is 0.533. The Morgan fingerprint density at radius 1 is 1.20 bits per heavy atom. The lowest BCUT2D eigenvalue weighted by Gasteiger charge is -2.07. The fourth-order valence-electron chi connectivity index (χ4n) is 2.33. The molecule has 2 aromatic rings. The van der Waals surface area contributed by atoms with Gasteiger partial charge in [-0.25, -0.2) is 9.59 Å². The van der Waals surface area contributed by atoms with Gasteiger partial charge in [0.05, 0.1) is 12.7 Å². The number of aromatic amines is 1. The third-order valence-electron chi connectivity index (χ3n) is 3.47. The van der Waals surface area contributed by atoms with Crippen LogP contribution in [-0.2, 0) is 14.3 Å². The normalized spacial score (nSPS) is 10.2. The van der Waals surface area contributed by atoms with E-state index in [4.69, 9.17) is 4.74 Å². The number of carbonyl (C=O) groups is 3. The number of H-pyrrole nitrogens is 1. The lowest BCUT2D eigenvalue weighted by atomic mass is 10.1. The number of anilines is 1. The Hall–Kier alpha value is -2.36. The van der Waals surface area contributed by atoms with Crippen molar-refractivity contribution in [3.63, 3.8) is 0 Å². The molecule has 1 heterocycles. The first-order valence-corrected chi connectivity index (χ1v) is 8.41. The van der Waals surface area contributed by atoms with Gasteiger partial charge in [-0.15, -0.1) is 0 Å². The Morgan fingerprint density at radius 3 is 2.56 bits per heavy atom. The zero-order chi connectivity index (χ0) is 18.6. The SMILES string of the molecule is COC(=O)c1c(C)[nH]c(C(=O)OCC(=O)Nc2cccc(I)c2)c1C. The number of nitrogens with one attached hydrogen (secondary N) is 2. The first-order chi connectivity index (χ1) is 11.8. The van der Waals surface area contributed by atoms with Crippen LogP contribution < -0.4 is 5.32 Å². The van der Waals surface area contributed by atoms with Crippen LogP contribution in [0.25, 0.3) is 0 Å². The maximum absolute atomic E-state index is 12.2. The van der Waals surface area contributed by atoms with E-state index in [0.29, 0.717) is 16.9 Å². The van der Waals surface area contributed by atoms with Gasteiger partial charge in [-0.05, 0) is 60.2 Å².